The molecule has 1 aromatic rings. The van der Waals surface area contributed by atoms with Crippen LogP contribution in [-0.2, 0) is 9.47 Å². The van der Waals surface area contributed by atoms with Crippen molar-refractivity contribution in [1.82, 2.24) is 4.98 Å². The van der Waals surface area contributed by atoms with Crippen molar-refractivity contribution >= 4 is 0 Å². The van der Waals surface area contributed by atoms with Crippen LogP contribution in [0.25, 0.3) is 0 Å². The molecule has 0 bridgehead atoms. The zero-order valence-corrected chi connectivity index (χ0v) is 8.51. The Labute approximate surface area is 84.1 Å². The van der Waals surface area contributed by atoms with Crippen molar-refractivity contribution < 1.29 is 9.47 Å². The number of pyridine rings is 1. The largest absolute Gasteiger partial charge is 0.344 e. The van der Waals surface area contributed by atoms with Gasteiger partial charge in [-0.25, -0.2) is 0 Å². The molecule has 76 valence electrons. The molecular weight excluding hydrogens is 178 g/mol. The summed E-state index contributed by atoms with van der Waals surface area (Å²) in [4.78, 5) is 4.22. The second-order valence-corrected chi connectivity index (χ2v) is 3.72. The molecule has 1 aliphatic heterocycles. The summed E-state index contributed by atoms with van der Waals surface area (Å²) in [5, 5.41) is 0. The van der Waals surface area contributed by atoms with Gasteiger partial charge in [-0.2, -0.15) is 0 Å². The Bertz CT molecular complexity index is 279. The third kappa shape index (κ3) is 2.11. The lowest BCUT2D eigenvalue weighted by Gasteiger charge is -2.32. The summed E-state index contributed by atoms with van der Waals surface area (Å²) >= 11 is 0. The number of hydrogen-bond acceptors (Lipinski definition) is 3. The highest BCUT2D eigenvalue weighted by Crippen LogP contribution is 2.27. The van der Waals surface area contributed by atoms with Gasteiger partial charge in [0.1, 0.15) is 0 Å². The van der Waals surface area contributed by atoms with Crippen molar-refractivity contribution in [2.45, 2.75) is 38.8 Å². The van der Waals surface area contributed by atoms with E-state index in [1.165, 1.54) is 0 Å². The highest BCUT2D eigenvalue weighted by Gasteiger charge is 2.26. The fourth-order valence-corrected chi connectivity index (χ4v) is 1.69. The van der Waals surface area contributed by atoms with Crippen LogP contribution in [-0.4, -0.2) is 17.2 Å². The molecule has 14 heavy (non-hydrogen) atoms. The maximum atomic E-state index is 5.66. The normalized spacial score (nSPS) is 32.9. The lowest BCUT2D eigenvalue weighted by atomic mass is 10.1. The third-order valence-electron chi connectivity index (χ3n) is 2.30. The zero-order valence-electron chi connectivity index (χ0n) is 8.51. The Kier molecular flexibility index (Phi) is 2.79. The molecule has 1 saturated heterocycles. The van der Waals surface area contributed by atoms with Gasteiger partial charge in [-0.15, -0.1) is 0 Å². The van der Waals surface area contributed by atoms with Gasteiger partial charge in [0.15, 0.2) is 0 Å². The average molecular weight is 193 g/mol. The Balaban J connectivity index is 2.11. The van der Waals surface area contributed by atoms with E-state index in [4.69, 9.17) is 9.47 Å². The van der Waals surface area contributed by atoms with Gasteiger partial charge >= 0.3 is 0 Å². The number of rotatable bonds is 1. The van der Waals surface area contributed by atoms with E-state index in [1.54, 1.807) is 6.20 Å². The van der Waals surface area contributed by atoms with Crippen molar-refractivity contribution in [3.05, 3.63) is 30.1 Å². The number of nitrogens with zero attached hydrogens (tertiary/aromatic N) is 1. The van der Waals surface area contributed by atoms with Gasteiger partial charge in [0.2, 0.25) is 6.29 Å². The number of hydrogen-bond donors (Lipinski definition) is 0. The van der Waals surface area contributed by atoms with Crippen LogP contribution in [0.1, 0.15) is 32.3 Å². The molecule has 1 aliphatic rings. The van der Waals surface area contributed by atoms with E-state index < -0.39 is 0 Å². The maximum Gasteiger partial charge on any atom is 0.201 e. The fraction of sp³-hybridized carbons (Fsp3) is 0.545. The lowest BCUT2D eigenvalue weighted by Crippen LogP contribution is -2.30. The van der Waals surface area contributed by atoms with Gasteiger partial charge in [0, 0.05) is 6.20 Å². The molecule has 0 aromatic carbocycles. The van der Waals surface area contributed by atoms with Gasteiger partial charge < -0.3 is 9.47 Å². The van der Waals surface area contributed by atoms with Crippen LogP contribution in [0.3, 0.4) is 0 Å². The van der Waals surface area contributed by atoms with Crippen LogP contribution in [0.2, 0.25) is 0 Å². The summed E-state index contributed by atoms with van der Waals surface area (Å²) in [6, 6.07) is 5.76. The molecule has 1 aromatic heterocycles. The molecule has 0 spiro atoms. The second-order valence-electron chi connectivity index (χ2n) is 3.72. The minimum Gasteiger partial charge on any atom is -0.344 e. The van der Waals surface area contributed by atoms with Crippen molar-refractivity contribution in [1.29, 1.82) is 0 Å². The van der Waals surface area contributed by atoms with E-state index in [1.807, 2.05) is 18.2 Å². The first kappa shape index (κ1) is 9.62. The predicted octanol–water partition coefficient (Wildman–Crippen LogP) is 2.29. The molecular formula is C11H15NO2. The maximum absolute atomic E-state index is 5.66. The first-order valence-corrected chi connectivity index (χ1v) is 4.97. The van der Waals surface area contributed by atoms with Crippen LogP contribution in [0.4, 0.5) is 0 Å². The predicted molar refractivity (Wildman–Crippen MR) is 52.7 cm³/mol. The molecule has 2 heterocycles. The Hall–Kier alpha value is -0.930. The molecule has 0 unspecified atom stereocenters. The molecule has 2 atom stereocenters. The van der Waals surface area contributed by atoms with Gasteiger partial charge in [-0.1, -0.05) is 6.07 Å². The standard InChI is InChI=1S/C11H15NO2/c1-8-7-9(2)14-11(13-8)10-5-3-4-6-12-10/h3-6,8-9,11H,7H2,1-2H3/t8-,9-/m1/s1. The Morgan fingerprint density at radius 3 is 2.50 bits per heavy atom. The summed E-state index contributed by atoms with van der Waals surface area (Å²) in [7, 11) is 0. The molecule has 3 heteroatoms. The van der Waals surface area contributed by atoms with Crippen LogP contribution in [0, 0.1) is 0 Å². The van der Waals surface area contributed by atoms with Crippen LogP contribution < -0.4 is 0 Å². The van der Waals surface area contributed by atoms with Crippen molar-refractivity contribution in [3.8, 4) is 0 Å². The van der Waals surface area contributed by atoms with Crippen molar-refractivity contribution in [3.63, 3.8) is 0 Å². The van der Waals surface area contributed by atoms with Crippen LogP contribution in [0.5, 0.6) is 0 Å². The third-order valence-corrected chi connectivity index (χ3v) is 2.30. The van der Waals surface area contributed by atoms with Crippen LogP contribution >= 0.6 is 0 Å². The van der Waals surface area contributed by atoms with E-state index in [2.05, 4.69) is 18.8 Å². The van der Waals surface area contributed by atoms with Crippen LogP contribution in [0.15, 0.2) is 24.4 Å². The number of ether oxygens (including phenoxy) is 2. The Morgan fingerprint density at radius 2 is 1.93 bits per heavy atom. The zero-order chi connectivity index (χ0) is 9.97. The summed E-state index contributed by atoms with van der Waals surface area (Å²) in [6.45, 7) is 4.13. The second kappa shape index (κ2) is 4.07. The topological polar surface area (TPSA) is 31.4 Å². The van der Waals surface area contributed by atoms with Gasteiger partial charge in [0.25, 0.3) is 0 Å². The van der Waals surface area contributed by atoms with E-state index in [-0.39, 0.29) is 18.5 Å². The molecule has 0 aliphatic carbocycles. The molecule has 0 radical (unpaired) electrons. The van der Waals surface area contributed by atoms with Gasteiger partial charge in [-0.05, 0) is 32.4 Å². The summed E-state index contributed by atoms with van der Waals surface area (Å²) in [5.74, 6) is 0. The molecule has 1 fully saturated rings. The molecule has 0 saturated carbocycles. The van der Waals surface area contributed by atoms with E-state index >= 15 is 0 Å². The monoisotopic (exact) mass is 193 g/mol. The first-order valence-electron chi connectivity index (χ1n) is 4.97. The summed E-state index contributed by atoms with van der Waals surface area (Å²) in [5.41, 5.74) is 0.853. The molecule has 0 N–H and O–H groups in total. The Morgan fingerprint density at radius 1 is 1.21 bits per heavy atom. The van der Waals surface area contributed by atoms with E-state index in [9.17, 15) is 0 Å². The SMILES string of the molecule is C[C@@H]1C[C@@H](C)OC(c2ccccn2)O1. The lowest BCUT2D eigenvalue weighted by molar-refractivity contribution is -0.240. The quantitative estimate of drug-likeness (QED) is 0.685. The van der Waals surface area contributed by atoms with E-state index in [0.717, 1.165) is 12.1 Å². The van der Waals surface area contributed by atoms with Gasteiger partial charge in [0.05, 0.1) is 17.9 Å². The first-order chi connectivity index (χ1) is 6.75. The van der Waals surface area contributed by atoms with Crippen molar-refractivity contribution in [2.24, 2.45) is 0 Å². The van der Waals surface area contributed by atoms with E-state index in [0.29, 0.717) is 0 Å². The minimum atomic E-state index is -0.296. The van der Waals surface area contributed by atoms with Crippen molar-refractivity contribution in [2.75, 3.05) is 0 Å². The molecule has 3 nitrogen and oxygen atoms in total. The smallest absolute Gasteiger partial charge is 0.201 e. The highest BCUT2D eigenvalue weighted by molar-refractivity contribution is 5.05. The highest BCUT2D eigenvalue weighted by atomic mass is 16.7. The molecule has 2 rings (SSSR count). The fourth-order valence-electron chi connectivity index (χ4n) is 1.69. The van der Waals surface area contributed by atoms with Gasteiger partial charge in [-0.3, -0.25) is 4.98 Å². The summed E-state index contributed by atoms with van der Waals surface area (Å²) in [6.07, 6.45) is 2.89. The molecule has 0 amide bonds. The minimum absolute atomic E-state index is 0.241. The average Bonchev–Trinajstić information content (AvgIpc) is 2.18. The number of aromatic nitrogens is 1. The summed E-state index contributed by atoms with van der Waals surface area (Å²) < 4.78 is 11.3.